The Morgan fingerprint density at radius 3 is 2.50 bits per heavy atom. The predicted octanol–water partition coefficient (Wildman–Crippen LogP) is 5.66. The van der Waals surface area contributed by atoms with Gasteiger partial charge in [0, 0.05) is 23.1 Å². The molecular formula is C24H21N5S. The van der Waals surface area contributed by atoms with Gasteiger partial charge in [-0.15, -0.1) is 0 Å². The maximum absolute atomic E-state index is 4.95. The number of para-hydroxylation sites is 2. The number of hydrogen-bond donors (Lipinski definition) is 0. The summed E-state index contributed by atoms with van der Waals surface area (Å²) in [6, 6.07) is 18.3. The van der Waals surface area contributed by atoms with E-state index in [4.69, 9.17) is 9.97 Å². The fraction of sp³-hybridized carbons (Fsp3) is 0.208. The second-order valence-electron chi connectivity index (χ2n) is 7.29. The zero-order chi connectivity index (χ0) is 20.3. The molecule has 0 fully saturated rings. The molecule has 0 radical (unpaired) electrons. The predicted molar refractivity (Wildman–Crippen MR) is 122 cm³/mol. The standard InChI is InChI=1S/C24H21N5S/c1-2-16-12-18-23(25-13-16)26-15-27-24(18)30-14-21-22(17-8-4-3-5-9-17)29-20-11-7-6-10-19(20)28-21/h3-11,13,15-16H,2,12,14H2,1H3. The van der Waals surface area contributed by atoms with Crippen LogP contribution in [-0.4, -0.2) is 26.2 Å². The van der Waals surface area contributed by atoms with Crippen molar-refractivity contribution in [1.29, 1.82) is 0 Å². The monoisotopic (exact) mass is 411 g/mol. The summed E-state index contributed by atoms with van der Waals surface area (Å²) in [7, 11) is 0. The number of nitrogens with zero attached hydrogens (tertiary/aromatic N) is 5. The minimum Gasteiger partial charge on any atom is -0.248 e. The second-order valence-corrected chi connectivity index (χ2v) is 8.26. The summed E-state index contributed by atoms with van der Waals surface area (Å²) in [6.45, 7) is 2.19. The van der Waals surface area contributed by atoms with Crippen LogP contribution in [0.3, 0.4) is 0 Å². The summed E-state index contributed by atoms with van der Waals surface area (Å²) in [5.41, 5.74) is 5.93. The van der Waals surface area contributed by atoms with E-state index in [1.54, 1.807) is 18.1 Å². The molecule has 0 aliphatic carbocycles. The van der Waals surface area contributed by atoms with Crippen LogP contribution in [0.15, 0.2) is 70.9 Å². The molecule has 1 atom stereocenters. The van der Waals surface area contributed by atoms with Crippen molar-refractivity contribution in [2.45, 2.75) is 30.5 Å². The minimum absolute atomic E-state index is 0.447. The van der Waals surface area contributed by atoms with Crippen molar-refractivity contribution < 1.29 is 0 Å². The summed E-state index contributed by atoms with van der Waals surface area (Å²) in [5.74, 6) is 1.93. The molecule has 4 aromatic rings. The van der Waals surface area contributed by atoms with Gasteiger partial charge in [-0.3, -0.25) is 0 Å². The number of thioether (sulfide) groups is 1. The second kappa shape index (κ2) is 8.32. The lowest BCUT2D eigenvalue weighted by Gasteiger charge is -2.18. The summed E-state index contributed by atoms with van der Waals surface area (Å²) >= 11 is 1.69. The van der Waals surface area contributed by atoms with E-state index in [0.29, 0.717) is 11.7 Å². The zero-order valence-electron chi connectivity index (χ0n) is 16.7. The maximum atomic E-state index is 4.95. The number of hydrogen-bond acceptors (Lipinski definition) is 6. The Bertz CT molecular complexity index is 1220. The molecule has 0 bridgehead atoms. The van der Waals surface area contributed by atoms with Gasteiger partial charge in [-0.05, 0) is 30.9 Å². The molecule has 1 aliphatic rings. The summed E-state index contributed by atoms with van der Waals surface area (Å²) < 4.78 is 0. The minimum atomic E-state index is 0.447. The molecule has 2 aromatic heterocycles. The van der Waals surface area contributed by atoms with Crippen molar-refractivity contribution in [3.05, 3.63) is 72.2 Å². The highest BCUT2D eigenvalue weighted by atomic mass is 32.2. The van der Waals surface area contributed by atoms with Gasteiger partial charge in [0.15, 0.2) is 5.82 Å². The lowest BCUT2D eigenvalue weighted by molar-refractivity contribution is 0.651. The molecule has 0 saturated heterocycles. The van der Waals surface area contributed by atoms with Gasteiger partial charge in [0.05, 0.1) is 22.4 Å². The SMILES string of the molecule is CCC1C=Nc2ncnc(SCc3nc4ccccc4nc3-c3ccccc3)c2C1. The van der Waals surface area contributed by atoms with Crippen molar-refractivity contribution in [3.8, 4) is 11.3 Å². The van der Waals surface area contributed by atoms with Crippen molar-refractivity contribution >= 4 is 34.8 Å². The molecule has 6 heteroatoms. The van der Waals surface area contributed by atoms with Gasteiger partial charge in [0.1, 0.15) is 11.4 Å². The largest absolute Gasteiger partial charge is 0.248 e. The molecule has 1 aliphatic heterocycles. The lowest BCUT2D eigenvalue weighted by Crippen LogP contribution is -2.11. The number of fused-ring (bicyclic) bond motifs is 2. The number of benzene rings is 2. The van der Waals surface area contributed by atoms with Gasteiger partial charge >= 0.3 is 0 Å². The highest BCUT2D eigenvalue weighted by Gasteiger charge is 2.20. The lowest BCUT2D eigenvalue weighted by atomic mass is 9.97. The Morgan fingerprint density at radius 2 is 1.70 bits per heavy atom. The molecule has 148 valence electrons. The van der Waals surface area contributed by atoms with Gasteiger partial charge < -0.3 is 0 Å². The smallest absolute Gasteiger partial charge is 0.159 e. The van der Waals surface area contributed by atoms with Crippen LogP contribution >= 0.6 is 11.8 Å². The van der Waals surface area contributed by atoms with E-state index in [9.17, 15) is 0 Å². The van der Waals surface area contributed by atoms with Crippen molar-refractivity contribution in [1.82, 2.24) is 19.9 Å². The Morgan fingerprint density at radius 1 is 0.933 bits per heavy atom. The Hall–Kier alpha value is -3.12. The summed E-state index contributed by atoms with van der Waals surface area (Å²) in [6.07, 6.45) is 5.63. The molecule has 2 aromatic carbocycles. The fourth-order valence-corrected chi connectivity index (χ4v) is 4.59. The normalized spacial score (nSPS) is 15.3. The van der Waals surface area contributed by atoms with Crippen LogP contribution in [0.5, 0.6) is 0 Å². The molecule has 5 rings (SSSR count). The first-order valence-electron chi connectivity index (χ1n) is 10.1. The third kappa shape index (κ3) is 3.71. The molecule has 0 N–H and O–H groups in total. The molecular weight excluding hydrogens is 390 g/mol. The highest BCUT2D eigenvalue weighted by Crippen LogP contribution is 2.35. The Kier molecular flexibility index (Phi) is 5.24. The number of rotatable bonds is 5. The average molecular weight is 412 g/mol. The van der Waals surface area contributed by atoms with E-state index in [1.165, 1.54) is 0 Å². The van der Waals surface area contributed by atoms with Crippen LogP contribution in [0.4, 0.5) is 5.82 Å². The molecule has 0 spiro atoms. The van der Waals surface area contributed by atoms with Crippen LogP contribution in [0, 0.1) is 5.92 Å². The third-order valence-corrected chi connectivity index (χ3v) is 6.36. The quantitative estimate of drug-likeness (QED) is 0.313. The number of aromatic nitrogens is 4. The van der Waals surface area contributed by atoms with Crippen LogP contribution in [-0.2, 0) is 12.2 Å². The zero-order valence-corrected chi connectivity index (χ0v) is 17.5. The van der Waals surface area contributed by atoms with Gasteiger partial charge in [-0.1, -0.05) is 61.2 Å². The third-order valence-electron chi connectivity index (χ3n) is 5.32. The average Bonchev–Trinajstić information content (AvgIpc) is 2.82. The summed E-state index contributed by atoms with van der Waals surface area (Å²) in [5, 5.41) is 0.990. The van der Waals surface area contributed by atoms with Crippen molar-refractivity contribution in [2.75, 3.05) is 0 Å². The van der Waals surface area contributed by atoms with Gasteiger partial charge in [-0.2, -0.15) is 0 Å². The van der Waals surface area contributed by atoms with Crippen molar-refractivity contribution in [2.24, 2.45) is 10.9 Å². The first kappa shape index (κ1) is 18.9. The van der Waals surface area contributed by atoms with Crippen LogP contribution < -0.4 is 0 Å². The van der Waals surface area contributed by atoms with Gasteiger partial charge in [0.25, 0.3) is 0 Å². The first-order chi connectivity index (χ1) is 14.8. The van der Waals surface area contributed by atoms with E-state index in [2.05, 4.69) is 34.0 Å². The maximum Gasteiger partial charge on any atom is 0.159 e. The van der Waals surface area contributed by atoms with Crippen LogP contribution in [0.1, 0.15) is 24.6 Å². The summed E-state index contributed by atoms with van der Waals surface area (Å²) in [4.78, 5) is 23.4. The van der Waals surface area contributed by atoms with Gasteiger partial charge in [-0.25, -0.2) is 24.9 Å². The molecule has 5 nitrogen and oxygen atoms in total. The van der Waals surface area contributed by atoms with Crippen LogP contribution in [0.2, 0.25) is 0 Å². The Labute approximate surface area is 179 Å². The number of aliphatic imine (C=N–C) groups is 1. The fourth-order valence-electron chi connectivity index (χ4n) is 3.64. The van der Waals surface area contributed by atoms with E-state index >= 15 is 0 Å². The molecule has 0 saturated carbocycles. The van der Waals surface area contributed by atoms with Gasteiger partial charge in [0.2, 0.25) is 0 Å². The molecule has 30 heavy (non-hydrogen) atoms. The van der Waals surface area contributed by atoms with E-state index < -0.39 is 0 Å². The molecule has 0 amide bonds. The molecule has 3 heterocycles. The van der Waals surface area contributed by atoms with E-state index in [0.717, 1.165) is 57.2 Å². The highest BCUT2D eigenvalue weighted by molar-refractivity contribution is 7.98. The molecule has 1 unspecified atom stereocenters. The Balaban J connectivity index is 1.52. The van der Waals surface area contributed by atoms with E-state index in [-0.39, 0.29) is 0 Å². The topological polar surface area (TPSA) is 63.9 Å². The van der Waals surface area contributed by atoms with Crippen molar-refractivity contribution in [3.63, 3.8) is 0 Å². The van der Waals surface area contributed by atoms with Crippen LogP contribution in [0.25, 0.3) is 22.3 Å². The first-order valence-corrected chi connectivity index (χ1v) is 11.1. The van der Waals surface area contributed by atoms with E-state index in [1.807, 2.05) is 48.7 Å².